The predicted octanol–water partition coefficient (Wildman–Crippen LogP) is 4.41. The van der Waals surface area contributed by atoms with E-state index < -0.39 is 0 Å². The number of rotatable bonds is 3. The number of amides is 1. The summed E-state index contributed by atoms with van der Waals surface area (Å²) in [5.41, 5.74) is 4.12. The molecule has 0 saturated heterocycles. The van der Waals surface area contributed by atoms with E-state index in [1.165, 1.54) is 6.20 Å². The number of fused-ring (bicyclic) bond motifs is 1. The molecular weight excluding hydrogens is 310 g/mol. The lowest BCUT2D eigenvalue weighted by Gasteiger charge is -2.15. The Balaban J connectivity index is 2.10. The Morgan fingerprint density at radius 1 is 1.26 bits per heavy atom. The minimum atomic E-state index is -0.209. The monoisotopic (exact) mass is 325 g/mol. The van der Waals surface area contributed by atoms with Gasteiger partial charge >= 0.3 is 0 Å². The number of anilines is 1. The summed E-state index contributed by atoms with van der Waals surface area (Å²) in [6.45, 7) is 4.02. The number of para-hydroxylation sites is 1. The van der Waals surface area contributed by atoms with Crippen molar-refractivity contribution in [1.29, 1.82) is 0 Å². The summed E-state index contributed by atoms with van der Waals surface area (Å²) in [5, 5.41) is 4.25. The summed E-state index contributed by atoms with van der Waals surface area (Å²) in [6.07, 6.45) is 2.31. The van der Waals surface area contributed by atoms with Gasteiger partial charge in [-0.3, -0.25) is 9.78 Å². The largest absolute Gasteiger partial charge is 0.321 e. The first kappa shape index (κ1) is 15.4. The topological polar surface area (TPSA) is 54.9 Å². The summed E-state index contributed by atoms with van der Waals surface area (Å²) >= 11 is 5.87. The number of hydrogen-bond donors (Lipinski definition) is 1. The summed E-state index contributed by atoms with van der Waals surface area (Å²) in [5.74, 6) is -0.209. The maximum absolute atomic E-state index is 12.6. The molecule has 3 aromatic rings. The van der Waals surface area contributed by atoms with Crippen LogP contribution in [0.25, 0.3) is 10.9 Å². The van der Waals surface area contributed by atoms with Crippen LogP contribution in [0.4, 0.5) is 5.69 Å². The molecule has 3 rings (SSSR count). The van der Waals surface area contributed by atoms with Crippen molar-refractivity contribution in [2.24, 2.45) is 0 Å². The fourth-order valence-electron chi connectivity index (χ4n) is 2.68. The van der Waals surface area contributed by atoms with Gasteiger partial charge in [-0.15, -0.1) is 0 Å². The van der Waals surface area contributed by atoms with Gasteiger partial charge in [-0.2, -0.15) is 0 Å². The molecule has 4 nitrogen and oxygen atoms in total. The van der Waals surface area contributed by atoms with Crippen LogP contribution < -0.4 is 5.32 Å². The molecule has 0 bridgehead atoms. The number of carbonyl (C=O) groups is 1. The molecule has 0 saturated carbocycles. The van der Waals surface area contributed by atoms with E-state index in [0.29, 0.717) is 10.7 Å². The van der Waals surface area contributed by atoms with Crippen molar-refractivity contribution in [3.8, 4) is 0 Å². The lowest BCUT2D eigenvalue weighted by atomic mass is 10.0. The molecule has 0 fully saturated rings. The van der Waals surface area contributed by atoms with Gasteiger partial charge in [0.15, 0.2) is 0 Å². The Hall–Kier alpha value is -2.46. The van der Waals surface area contributed by atoms with Gasteiger partial charge in [-0.05, 0) is 37.1 Å². The van der Waals surface area contributed by atoms with E-state index in [9.17, 15) is 4.79 Å². The van der Waals surface area contributed by atoms with Crippen LogP contribution in [0.3, 0.4) is 0 Å². The van der Waals surface area contributed by atoms with E-state index >= 15 is 0 Å². The minimum absolute atomic E-state index is 0.209. The maximum atomic E-state index is 12.6. The highest BCUT2D eigenvalue weighted by Gasteiger charge is 2.15. The maximum Gasteiger partial charge on any atom is 0.255 e. The molecule has 116 valence electrons. The number of hydrogen-bond acceptors (Lipinski definition) is 3. The molecule has 2 aromatic heterocycles. The lowest BCUT2D eigenvalue weighted by Crippen LogP contribution is -2.15. The van der Waals surface area contributed by atoms with E-state index in [4.69, 9.17) is 11.6 Å². The number of benzene rings is 1. The van der Waals surface area contributed by atoms with Crippen LogP contribution in [0.1, 0.15) is 28.5 Å². The minimum Gasteiger partial charge on any atom is -0.321 e. The van der Waals surface area contributed by atoms with Crippen molar-refractivity contribution in [3.05, 3.63) is 64.6 Å². The molecule has 0 aliphatic rings. The number of nitrogens with one attached hydrogen (secondary N) is 1. The third-order valence-electron chi connectivity index (χ3n) is 3.78. The van der Waals surface area contributed by atoms with Gasteiger partial charge in [0.05, 0.1) is 11.2 Å². The van der Waals surface area contributed by atoms with Gasteiger partial charge in [0.2, 0.25) is 0 Å². The van der Waals surface area contributed by atoms with E-state index in [2.05, 4.69) is 22.2 Å². The van der Waals surface area contributed by atoms with E-state index in [1.807, 2.05) is 31.2 Å². The number of aromatic nitrogens is 2. The first-order valence-corrected chi connectivity index (χ1v) is 7.79. The van der Waals surface area contributed by atoms with Crippen molar-refractivity contribution < 1.29 is 4.79 Å². The molecule has 1 aromatic carbocycles. The highest BCUT2D eigenvalue weighted by atomic mass is 35.5. The second kappa shape index (κ2) is 6.34. The van der Waals surface area contributed by atoms with Crippen LogP contribution in [0.15, 0.2) is 42.6 Å². The van der Waals surface area contributed by atoms with Crippen molar-refractivity contribution in [3.63, 3.8) is 0 Å². The number of carbonyl (C=O) groups excluding carboxylic acids is 1. The fourth-order valence-corrected chi connectivity index (χ4v) is 2.85. The van der Waals surface area contributed by atoms with Gasteiger partial charge in [-0.25, -0.2) is 4.98 Å². The molecule has 1 N–H and O–H groups in total. The lowest BCUT2D eigenvalue weighted by molar-refractivity contribution is 0.102. The molecule has 0 radical (unpaired) electrons. The molecule has 0 atom stereocenters. The standard InChI is InChI=1S/C18H16ClN3O/c1-3-13-11(2)21-15-7-5-4-6-14(15)17(13)22-18(23)12-8-9-20-16(19)10-12/h4-10H,3H2,1-2H3,(H,21,22,23). The summed E-state index contributed by atoms with van der Waals surface area (Å²) in [6, 6.07) is 11.0. The van der Waals surface area contributed by atoms with Crippen molar-refractivity contribution >= 4 is 34.1 Å². The SMILES string of the molecule is CCc1c(C)nc2ccccc2c1NC(=O)c1ccnc(Cl)c1. The number of pyridine rings is 2. The summed E-state index contributed by atoms with van der Waals surface area (Å²) in [7, 11) is 0. The Morgan fingerprint density at radius 2 is 2.04 bits per heavy atom. The fraction of sp³-hybridized carbons (Fsp3) is 0.167. The molecule has 0 spiro atoms. The molecule has 0 aliphatic heterocycles. The van der Waals surface area contributed by atoms with Crippen LogP contribution in [0, 0.1) is 6.92 Å². The van der Waals surface area contributed by atoms with Crippen LogP contribution in [0.2, 0.25) is 5.15 Å². The first-order chi connectivity index (χ1) is 11.1. The summed E-state index contributed by atoms with van der Waals surface area (Å²) in [4.78, 5) is 21.1. The van der Waals surface area contributed by atoms with E-state index in [1.54, 1.807) is 12.1 Å². The van der Waals surface area contributed by atoms with Crippen LogP contribution in [-0.2, 0) is 6.42 Å². The molecule has 5 heteroatoms. The normalized spacial score (nSPS) is 10.7. The average molecular weight is 326 g/mol. The zero-order valence-corrected chi connectivity index (χ0v) is 13.7. The van der Waals surface area contributed by atoms with Crippen molar-refractivity contribution in [2.75, 3.05) is 5.32 Å². The Labute approximate surface area is 139 Å². The average Bonchev–Trinajstić information content (AvgIpc) is 2.55. The summed E-state index contributed by atoms with van der Waals surface area (Å²) < 4.78 is 0. The highest BCUT2D eigenvalue weighted by molar-refractivity contribution is 6.29. The molecule has 0 unspecified atom stereocenters. The van der Waals surface area contributed by atoms with Crippen molar-refractivity contribution in [1.82, 2.24) is 9.97 Å². The van der Waals surface area contributed by atoms with Crippen molar-refractivity contribution in [2.45, 2.75) is 20.3 Å². The van der Waals surface area contributed by atoms with Crippen LogP contribution in [-0.4, -0.2) is 15.9 Å². The second-order valence-electron chi connectivity index (χ2n) is 5.24. The smallest absolute Gasteiger partial charge is 0.255 e. The van der Waals surface area contributed by atoms with Gasteiger partial charge < -0.3 is 5.32 Å². The van der Waals surface area contributed by atoms with E-state index in [0.717, 1.165) is 34.3 Å². The molecular formula is C18H16ClN3O. The first-order valence-electron chi connectivity index (χ1n) is 7.41. The Morgan fingerprint density at radius 3 is 2.78 bits per heavy atom. The molecule has 0 aliphatic carbocycles. The third kappa shape index (κ3) is 3.03. The zero-order chi connectivity index (χ0) is 16.4. The second-order valence-corrected chi connectivity index (χ2v) is 5.63. The highest BCUT2D eigenvalue weighted by Crippen LogP contribution is 2.29. The Kier molecular flexibility index (Phi) is 4.26. The Bertz CT molecular complexity index is 893. The quantitative estimate of drug-likeness (QED) is 0.726. The zero-order valence-electron chi connectivity index (χ0n) is 12.9. The molecule has 1 amide bonds. The van der Waals surface area contributed by atoms with E-state index in [-0.39, 0.29) is 5.91 Å². The molecule has 23 heavy (non-hydrogen) atoms. The number of aryl methyl sites for hydroxylation is 1. The number of halogens is 1. The van der Waals surface area contributed by atoms with Gasteiger partial charge in [-0.1, -0.05) is 36.7 Å². The predicted molar refractivity (Wildman–Crippen MR) is 93.1 cm³/mol. The van der Waals surface area contributed by atoms with Gasteiger partial charge in [0, 0.05) is 22.8 Å². The third-order valence-corrected chi connectivity index (χ3v) is 3.99. The molecule has 2 heterocycles. The van der Waals surface area contributed by atoms with Crippen LogP contribution in [0.5, 0.6) is 0 Å². The van der Waals surface area contributed by atoms with Crippen LogP contribution >= 0.6 is 11.6 Å². The van der Waals surface area contributed by atoms with Gasteiger partial charge in [0.25, 0.3) is 5.91 Å². The number of nitrogens with zero attached hydrogens (tertiary/aromatic N) is 2. The van der Waals surface area contributed by atoms with Gasteiger partial charge in [0.1, 0.15) is 5.15 Å².